The van der Waals surface area contributed by atoms with Crippen LogP contribution in [0.1, 0.15) is 59.2 Å². The maximum absolute atomic E-state index is 12.6. The van der Waals surface area contributed by atoms with Crippen LogP contribution in [-0.2, 0) is 9.63 Å². The molecule has 1 aromatic carbocycles. The molecular weight excluding hydrogens is 308 g/mol. The molecule has 0 aromatic heterocycles. The highest BCUT2D eigenvalue weighted by Gasteiger charge is 2.43. The molecule has 1 unspecified atom stereocenters. The summed E-state index contributed by atoms with van der Waals surface area (Å²) in [6, 6.07) is 6.60. The zero-order valence-electron chi connectivity index (χ0n) is 13.4. The van der Waals surface area contributed by atoms with E-state index in [1.54, 1.807) is 24.3 Å². The number of likely N-dealkylation sites (tertiary alicyclic amines) is 1. The van der Waals surface area contributed by atoms with Crippen LogP contribution in [0.25, 0.3) is 0 Å². The standard InChI is InChI=1S/C18H20N2O4/c21-16-13-8-3-4-9-14(13)17(22)20(16)24-18(23)15-10-5-11-19(15)12-6-1-2-7-12/h3-4,8-9,12,15H,1-2,5-7,10-11H2. The number of benzene rings is 1. The quantitative estimate of drug-likeness (QED) is 0.795. The van der Waals surface area contributed by atoms with Crippen LogP contribution < -0.4 is 0 Å². The van der Waals surface area contributed by atoms with E-state index < -0.39 is 17.8 Å². The van der Waals surface area contributed by atoms with Gasteiger partial charge in [-0.2, -0.15) is 0 Å². The zero-order chi connectivity index (χ0) is 16.7. The molecule has 0 radical (unpaired) electrons. The van der Waals surface area contributed by atoms with Crippen LogP contribution in [0, 0.1) is 0 Å². The first-order chi connectivity index (χ1) is 11.7. The third kappa shape index (κ3) is 2.41. The second-order valence-corrected chi connectivity index (χ2v) is 6.69. The van der Waals surface area contributed by atoms with Crippen molar-refractivity contribution in [2.24, 2.45) is 0 Å². The van der Waals surface area contributed by atoms with Crippen molar-refractivity contribution in [1.29, 1.82) is 0 Å². The van der Waals surface area contributed by atoms with Gasteiger partial charge in [-0.3, -0.25) is 14.5 Å². The molecule has 3 aliphatic rings. The first-order valence-electron chi connectivity index (χ1n) is 8.62. The Kier molecular flexibility index (Phi) is 3.84. The highest BCUT2D eigenvalue weighted by Crippen LogP contribution is 2.31. The third-order valence-corrected chi connectivity index (χ3v) is 5.30. The summed E-state index contributed by atoms with van der Waals surface area (Å²) >= 11 is 0. The number of carbonyl (C=O) groups is 3. The first kappa shape index (κ1) is 15.3. The number of imide groups is 1. The maximum atomic E-state index is 12.6. The molecule has 2 amide bonds. The van der Waals surface area contributed by atoms with Gasteiger partial charge in [-0.25, -0.2) is 4.79 Å². The van der Waals surface area contributed by atoms with Crippen LogP contribution in [0.5, 0.6) is 0 Å². The molecule has 4 rings (SSSR count). The van der Waals surface area contributed by atoms with E-state index in [-0.39, 0.29) is 17.2 Å². The largest absolute Gasteiger partial charge is 0.350 e. The topological polar surface area (TPSA) is 66.9 Å². The van der Waals surface area contributed by atoms with E-state index in [4.69, 9.17) is 4.84 Å². The number of rotatable bonds is 3. The van der Waals surface area contributed by atoms with Crippen LogP contribution in [0.4, 0.5) is 0 Å². The van der Waals surface area contributed by atoms with E-state index in [1.165, 1.54) is 12.8 Å². The number of amides is 2. The molecule has 1 saturated heterocycles. The van der Waals surface area contributed by atoms with E-state index in [2.05, 4.69) is 4.90 Å². The van der Waals surface area contributed by atoms with Crippen molar-refractivity contribution in [3.63, 3.8) is 0 Å². The number of nitrogens with zero attached hydrogens (tertiary/aromatic N) is 2. The van der Waals surface area contributed by atoms with E-state index in [0.717, 1.165) is 32.2 Å². The molecule has 6 heteroatoms. The Hall–Kier alpha value is -2.21. The third-order valence-electron chi connectivity index (χ3n) is 5.30. The Morgan fingerprint density at radius 1 is 0.958 bits per heavy atom. The second kappa shape index (κ2) is 6.02. The SMILES string of the molecule is O=C(ON1C(=O)c2ccccc2C1=O)C1CCCN1C1CCCC1. The minimum absolute atomic E-state index is 0.286. The summed E-state index contributed by atoms with van der Waals surface area (Å²) in [4.78, 5) is 44.7. The van der Waals surface area contributed by atoms with Crippen molar-refractivity contribution >= 4 is 17.8 Å². The molecular formula is C18H20N2O4. The Balaban J connectivity index is 1.48. The molecule has 1 atom stereocenters. The van der Waals surface area contributed by atoms with Gasteiger partial charge in [0.25, 0.3) is 11.8 Å². The van der Waals surface area contributed by atoms with Gasteiger partial charge >= 0.3 is 5.97 Å². The Morgan fingerprint density at radius 2 is 1.58 bits per heavy atom. The number of carbonyl (C=O) groups excluding carboxylic acids is 3. The zero-order valence-corrected chi connectivity index (χ0v) is 13.4. The lowest BCUT2D eigenvalue weighted by Gasteiger charge is -2.29. The normalized spacial score (nSPS) is 24.7. The Morgan fingerprint density at radius 3 is 2.21 bits per heavy atom. The van der Waals surface area contributed by atoms with E-state index >= 15 is 0 Å². The van der Waals surface area contributed by atoms with Gasteiger partial charge in [0, 0.05) is 6.04 Å². The first-order valence-corrected chi connectivity index (χ1v) is 8.62. The van der Waals surface area contributed by atoms with Crippen molar-refractivity contribution in [3.05, 3.63) is 35.4 Å². The van der Waals surface area contributed by atoms with Gasteiger partial charge < -0.3 is 4.84 Å². The fraction of sp³-hybridized carbons (Fsp3) is 0.500. The number of hydroxylamine groups is 2. The summed E-state index contributed by atoms with van der Waals surface area (Å²) in [5.41, 5.74) is 0.573. The molecule has 2 aliphatic heterocycles. The van der Waals surface area contributed by atoms with E-state index in [1.807, 2.05) is 0 Å². The van der Waals surface area contributed by atoms with E-state index in [9.17, 15) is 14.4 Å². The van der Waals surface area contributed by atoms with Crippen LogP contribution in [-0.4, -0.2) is 46.4 Å². The summed E-state index contributed by atoms with van der Waals surface area (Å²) in [6.45, 7) is 0.881. The predicted octanol–water partition coefficient (Wildman–Crippen LogP) is 2.15. The van der Waals surface area contributed by atoms with Crippen LogP contribution >= 0.6 is 0 Å². The summed E-state index contributed by atoms with van der Waals surface area (Å²) in [5, 5.41) is 0.623. The lowest BCUT2D eigenvalue weighted by molar-refractivity contribution is -0.174. The lowest BCUT2D eigenvalue weighted by Crippen LogP contribution is -2.45. The Labute approximate surface area is 140 Å². The summed E-state index contributed by atoms with van der Waals surface area (Å²) < 4.78 is 0. The van der Waals surface area contributed by atoms with Crippen molar-refractivity contribution in [3.8, 4) is 0 Å². The van der Waals surface area contributed by atoms with Gasteiger partial charge in [0.05, 0.1) is 11.1 Å². The van der Waals surface area contributed by atoms with Crippen molar-refractivity contribution in [1.82, 2.24) is 9.96 Å². The predicted molar refractivity (Wildman–Crippen MR) is 85.0 cm³/mol. The minimum atomic E-state index is -0.561. The average Bonchev–Trinajstić information content (AvgIpc) is 3.31. The highest BCUT2D eigenvalue weighted by atomic mass is 16.7. The van der Waals surface area contributed by atoms with Crippen molar-refractivity contribution in [2.75, 3.05) is 6.54 Å². The van der Waals surface area contributed by atoms with Crippen LogP contribution in [0.15, 0.2) is 24.3 Å². The van der Waals surface area contributed by atoms with Gasteiger partial charge in [0.2, 0.25) is 0 Å². The molecule has 0 N–H and O–H groups in total. The second-order valence-electron chi connectivity index (χ2n) is 6.69. The van der Waals surface area contributed by atoms with Crippen molar-refractivity contribution < 1.29 is 19.2 Å². The molecule has 6 nitrogen and oxygen atoms in total. The molecule has 126 valence electrons. The number of hydrogen-bond acceptors (Lipinski definition) is 5. The van der Waals surface area contributed by atoms with Gasteiger partial charge in [-0.05, 0) is 44.4 Å². The maximum Gasteiger partial charge on any atom is 0.350 e. The van der Waals surface area contributed by atoms with Gasteiger partial charge in [0.15, 0.2) is 0 Å². The minimum Gasteiger partial charge on any atom is -0.328 e. The van der Waals surface area contributed by atoms with Gasteiger partial charge in [0.1, 0.15) is 6.04 Å². The Bertz CT molecular complexity index is 661. The summed E-state index contributed by atoms with van der Waals surface area (Å²) in [5.74, 6) is -1.61. The molecule has 24 heavy (non-hydrogen) atoms. The number of fused-ring (bicyclic) bond motifs is 1. The molecule has 1 saturated carbocycles. The smallest absolute Gasteiger partial charge is 0.328 e. The van der Waals surface area contributed by atoms with Crippen LogP contribution in [0.3, 0.4) is 0 Å². The molecule has 1 aromatic rings. The van der Waals surface area contributed by atoms with Gasteiger partial charge in [-0.1, -0.05) is 30.0 Å². The average molecular weight is 328 g/mol. The summed E-state index contributed by atoms with van der Waals surface area (Å²) in [6.07, 6.45) is 6.27. The molecule has 2 heterocycles. The number of hydrogen-bond donors (Lipinski definition) is 0. The van der Waals surface area contributed by atoms with E-state index in [0.29, 0.717) is 11.1 Å². The lowest BCUT2D eigenvalue weighted by atomic mass is 10.1. The monoisotopic (exact) mass is 328 g/mol. The molecule has 2 fully saturated rings. The highest BCUT2D eigenvalue weighted by molar-refractivity contribution is 6.20. The van der Waals surface area contributed by atoms with Crippen LogP contribution in [0.2, 0.25) is 0 Å². The fourth-order valence-corrected chi connectivity index (χ4v) is 4.12. The molecule has 0 bridgehead atoms. The van der Waals surface area contributed by atoms with Gasteiger partial charge in [-0.15, -0.1) is 0 Å². The molecule has 1 aliphatic carbocycles. The molecule has 0 spiro atoms. The van der Waals surface area contributed by atoms with Crippen molar-refractivity contribution in [2.45, 2.75) is 50.6 Å². The fourth-order valence-electron chi connectivity index (χ4n) is 4.12. The summed E-state index contributed by atoms with van der Waals surface area (Å²) in [7, 11) is 0.